The van der Waals surface area contributed by atoms with Crippen LogP contribution in [0.25, 0.3) is 0 Å². The van der Waals surface area contributed by atoms with Gasteiger partial charge < -0.3 is 10.5 Å². The molecule has 0 aliphatic heterocycles. The molecular weight excluding hydrogens is 254 g/mol. The largest absolute Gasteiger partial charge is 0.496 e. The summed E-state index contributed by atoms with van der Waals surface area (Å²) in [5.74, 6) is 1.81. The van der Waals surface area contributed by atoms with Crippen molar-refractivity contribution in [2.24, 2.45) is 5.73 Å². The summed E-state index contributed by atoms with van der Waals surface area (Å²) in [5, 5.41) is 0. The fourth-order valence-corrected chi connectivity index (χ4v) is 2.69. The summed E-state index contributed by atoms with van der Waals surface area (Å²) < 4.78 is 5.36. The lowest BCUT2D eigenvalue weighted by atomic mass is 10.1. The van der Waals surface area contributed by atoms with Crippen molar-refractivity contribution in [1.29, 1.82) is 0 Å². The minimum atomic E-state index is 0.508. The highest BCUT2D eigenvalue weighted by atomic mass is 32.2. The van der Waals surface area contributed by atoms with E-state index in [0.29, 0.717) is 6.54 Å². The molecule has 0 unspecified atom stereocenters. The van der Waals surface area contributed by atoms with Crippen LogP contribution in [-0.4, -0.2) is 7.11 Å². The van der Waals surface area contributed by atoms with Crippen LogP contribution >= 0.6 is 11.8 Å². The number of nitrogens with two attached hydrogens (primary N) is 1. The van der Waals surface area contributed by atoms with Crippen LogP contribution in [0.4, 0.5) is 0 Å². The molecule has 0 saturated heterocycles. The predicted molar refractivity (Wildman–Crippen MR) is 81.6 cm³/mol. The highest BCUT2D eigenvalue weighted by molar-refractivity contribution is 7.98. The Kier molecular flexibility index (Phi) is 4.88. The first-order chi connectivity index (χ1) is 9.22. The molecule has 0 saturated carbocycles. The molecule has 2 rings (SSSR count). The van der Waals surface area contributed by atoms with Crippen molar-refractivity contribution in [1.82, 2.24) is 0 Å². The summed E-state index contributed by atoms with van der Waals surface area (Å²) in [5.41, 5.74) is 9.26. The summed E-state index contributed by atoms with van der Waals surface area (Å²) in [6.45, 7) is 2.61. The lowest BCUT2D eigenvalue weighted by molar-refractivity contribution is 0.409. The van der Waals surface area contributed by atoms with E-state index >= 15 is 0 Å². The highest BCUT2D eigenvalue weighted by Gasteiger charge is 2.03. The van der Waals surface area contributed by atoms with Crippen LogP contribution in [0.1, 0.15) is 16.7 Å². The van der Waals surface area contributed by atoms with Gasteiger partial charge in [0.05, 0.1) is 7.11 Å². The lowest BCUT2D eigenvalue weighted by Gasteiger charge is -2.09. The van der Waals surface area contributed by atoms with Crippen LogP contribution in [-0.2, 0) is 12.3 Å². The molecule has 0 heterocycles. The zero-order valence-corrected chi connectivity index (χ0v) is 12.2. The average molecular weight is 273 g/mol. The Balaban J connectivity index is 2.05. The quantitative estimate of drug-likeness (QED) is 0.843. The smallest absolute Gasteiger partial charge is 0.123 e. The second-order valence-electron chi connectivity index (χ2n) is 4.45. The number of hydrogen-bond donors (Lipinski definition) is 1. The maximum atomic E-state index is 5.67. The van der Waals surface area contributed by atoms with Gasteiger partial charge >= 0.3 is 0 Å². The number of aryl methyl sites for hydroxylation is 1. The second-order valence-corrected chi connectivity index (χ2v) is 5.50. The van der Waals surface area contributed by atoms with Crippen molar-refractivity contribution in [2.45, 2.75) is 24.1 Å². The number of hydrogen-bond acceptors (Lipinski definition) is 3. The van der Waals surface area contributed by atoms with Crippen molar-refractivity contribution in [3.05, 3.63) is 59.2 Å². The number of ether oxygens (including phenoxy) is 1. The topological polar surface area (TPSA) is 35.2 Å². The molecule has 0 spiro atoms. The highest BCUT2D eigenvalue weighted by Crippen LogP contribution is 2.26. The van der Waals surface area contributed by atoms with Gasteiger partial charge in [-0.05, 0) is 30.7 Å². The van der Waals surface area contributed by atoms with Gasteiger partial charge in [0.15, 0.2) is 0 Å². The van der Waals surface area contributed by atoms with Gasteiger partial charge in [-0.15, -0.1) is 11.8 Å². The molecule has 0 fully saturated rings. The molecule has 2 nitrogen and oxygen atoms in total. The molecule has 2 N–H and O–H groups in total. The molecule has 0 atom stereocenters. The second kappa shape index (κ2) is 6.64. The maximum absolute atomic E-state index is 5.67. The van der Waals surface area contributed by atoms with Crippen molar-refractivity contribution in [2.75, 3.05) is 7.11 Å². The summed E-state index contributed by atoms with van der Waals surface area (Å²) in [6, 6.07) is 14.8. The summed E-state index contributed by atoms with van der Waals surface area (Å²) in [7, 11) is 1.69. The first-order valence-corrected chi connectivity index (χ1v) is 7.27. The average Bonchev–Trinajstić information content (AvgIpc) is 2.46. The normalized spacial score (nSPS) is 10.5. The Morgan fingerprint density at radius 3 is 2.47 bits per heavy atom. The van der Waals surface area contributed by atoms with Gasteiger partial charge in [-0.25, -0.2) is 0 Å². The molecule has 0 aromatic heterocycles. The maximum Gasteiger partial charge on any atom is 0.123 e. The predicted octanol–water partition coefficient (Wildman–Crippen LogP) is 3.75. The van der Waals surface area contributed by atoms with E-state index in [0.717, 1.165) is 17.1 Å². The van der Waals surface area contributed by atoms with E-state index in [-0.39, 0.29) is 0 Å². The van der Waals surface area contributed by atoms with Gasteiger partial charge in [-0.1, -0.05) is 29.8 Å². The summed E-state index contributed by atoms with van der Waals surface area (Å²) >= 11 is 1.83. The minimum absolute atomic E-state index is 0.508. The Labute approximate surface area is 119 Å². The molecule has 3 heteroatoms. The Morgan fingerprint density at radius 2 is 1.84 bits per heavy atom. The van der Waals surface area contributed by atoms with Gasteiger partial charge in [-0.3, -0.25) is 0 Å². The fraction of sp³-hybridized carbons (Fsp3) is 0.250. The third-order valence-corrected chi connectivity index (χ3v) is 4.08. The van der Waals surface area contributed by atoms with Crippen LogP contribution in [0.3, 0.4) is 0 Å². The van der Waals surface area contributed by atoms with Gasteiger partial charge in [-0.2, -0.15) is 0 Å². The van der Waals surface area contributed by atoms with E-state index in [9.17, 15) is 0 Å². The van der Waals surface area contributed by atoms with E-state index in [1.807, 2.05) is 17.8 Å². The molecular formula is C16H19NOS. The van der Waals surface area contributed by atoms with Crippen LogP contribution in [0.5, 0.6) is 5.75 Å². The molecule has 0 aliphatic rings. The van der Waals surface area contributed by atoms with E-state index in [1.165, 1.54) is 16.0 Å². The van der Waals surface area contributed by atoms with Crippen LogP contribution < -0.4 is 10.5 Å². The summed E-state index contributed by atoms with van der Waals surface area (Å²) in [6.07, 6.45) is 0. The number of rotatable bonds is 5. The molecule has 0 bridgehead atoms. The third kappa shape index (κ3) is 3.75. The SMILES string of the molecule is COc1cc(CSc2ccc(C)cc2)ccc1CN. The third-order valence-electron chi connectivity index (χ3n) is 3.00. The van der Waals surface area contributed by atoms with Gasteiger partial charge in [0, 0.05) is 22.8 Å². The van der Waals surface area contributed by atoms with E-state index in [2.05, 4.69) is 43.3 Å². The summed E-state index contributed by atoms with van der Waals surface area (Å²) in [4.78, 5) is 1.28. The van der Waals surface area contributed by atoms with Crippen molar-refractivity contribution in [3.63, 3.8) is 0 Å². The van der Waals surface area contributed by atoms with E-state index < -0.39 is 0 Å². The number of benzene rings is 2. The monoisotopic (exact) mass is 273 g/mol. The van der Waals surface area contributed by atoms with Crippen molar-refractivity contribution >= 4 is 11.8 Å². The standard InChI is InChI=1S/C16H19NOS/c1-12-3-7-15(8-4-12)19-11-13-5-6-14(10-17)16(9-13)18-2/h3-9H,10-11,17H2,1-2H3. The molecule has 2 aromatic rings. The lowest BCUT2D eigenvalue weighted by Crippen LogP contribution is -2.00. The van der Waals surface area contributed by atoms with Crippen LogP contribution in [0.2, 0.25) is 0 Å². The number of methoxy groups -OCH3 is 1. The molecule has 0 aliphatic carbocycles. The Hall–Kier alpha value is -1.45. The Bertz CT molecular complexity index is 537. The molecule has 0 radical (unpaired) electrons. The molecule has 100 valence electrons. The first kappa shape index (κ1) is 14.0. The first-order valence-electron chi connectivity index (χ1n) is 6.28. The number of thioether (sulfide) groups is 1. The molecule has 0 amide bonds. The Morgan fingerprint density at radius 1 is 1.11 bits per heavy atom. The fourth-order valence-electron chi connectivity index (χ4n) is 1.85. The van der Waals surface area contributed by atoms with Crippen molar-refractivity contribution < 1.29 is 4.74 Å². The zero-order valence-electron chi connectivity index (χ0n) is 11.3. The van der Waals surface area contributed by atoms with Crippen LogP contribution in [0, 0.1) is 6.92 Å². The van der Waals surface area contributed by atoms with Gasteiger partial charge in [0.1, 0.15) is 5.75 Å². The van der Waals surface area contributed by atoms with Gasteiger partial charge in [0.2, 0.25) is 0 Å². The molecule has 2 aromatic carbocycles. The van der Waals surface area contributed by atoms with E-state index in [1.54, 1.807) is 7.11 Å². The van der Waals surface area contributed by atoms with Crippen LogP contribution in [0.15, 0.2) is 47.4 Å². The molecule has 19 heavy (non-hydrogen) atoms. The van der Waals surface area contributed by atoms with E-state index in [4.69, 9.17) is 10.5 Å². The van der Waals surface area contributed by atoms with Crippen molar-refractivity contribution in [3.8, 4) is 5.75 Å². The minimum Gasteiger partial charge on any atom is -0.496 e. The zero-order chi connectivity index (χ0) is 13.7. The van der Waals surface area contributed by atoms with Gasteiger partial charge in [0.25, 0.3) is 0 Å².